The molecule has 1 aliphatic rings. The van der Waals surface area contributed by atoms with Gasteiger partial charge in [-0.3, -0.25) is 4.79 Å². The van der Waals surface area contributed by atoms with Crippen molar-refractivity contribution >= 4 is 11.7 Å². The lowest BCUT2D eigenvalue weighted by molar-refractivity contribution is -0.137. The Hall–Kier alpha value is -2.29. The molecule has 2 aromatic carbocycles. The van der Waals surface area contributed by atoms with Gasteiger partial charge in [-0.05, 0) is 48.9 Å². The number of aryl methyl sites for hydroxylation is 1. The van der Waals surface area contributed by atoms with Gasteiger partial charge in [0.15, 0.2) is 0 Å². The minimum Gasteiger partial charge on any atom is -0.481 e. The number of aliphatic carboxylic acids is 1. The number of hydrogen-bond donors (Lipinski definition) is 1. The number of rotatable bonds is 4. The molecule has 0 saturated carbocycles. The maximum Gasteiger partial charge on any atom is 0.315 e. The van der Waals surface area contributed by atoms with Crippen molar-refractivity contribution in [1.29, 1.82) is 0 Å². The Labute approximate surface area is 137 Å². The van der Waals surface area contributed by atoms with Gasteiger partial charge in [0.05, 0.1) is 0 Å². The third kappa shape index (κ3) is 3.39. The predicted octanol–water partition coefficient (Wildman–Crippen LogP) is 4.20. The average Bonchev–Trinajstić information content (AvgIpc) is 2.58. The van der Waals surface area contributed by atoms with Crippen LogP contribution >= 0.6 is 0 Å². The number of benzene rings is 2. The molecule has 1 heterocycles. The van der Waals surface area contributed by atoms with Gasteiger partial charge in [-0.2, -0.15) is 0 Å². The Balaban J connectivity index is 2.07. The van der Waals surface area contributed by atoms with Crippen molar-refractivity contribution in [3.63, 3.8) is 0 Å². The van der Waals surface area contributed by atoms with Gasteiger partial charge in [-0.15, -0.1) is 0 Å². The summed E-state index contributed by atoms with van der Waals surface area (Å²) in [5, 5.41) is 9.85. The molecule has 0 aliphatic carbocycles. The Morgan fingerprint density at radius 1 is 1.04 bits per heavy atom. The molecule has 1 fully saturated rings. The fraction of sp³-hybridized carbons (Fsp3) is 0.350. The zero-order valence-electron chi connectivity index (χ0n) is 13.5. The first-order chi connectivity index (χ1) is 11.2. The van der Waals surface area contributed by atoms with E-state index in [4.69, 9.17) is 0 Å². The van der Waals surface area contributed by atoms with Crippen LogP contribution in [0.4, 0.5) is 5.69 Å². The van der Waals surface area contributed by atoms with Gasteiger partial charge < -0.3 is 10.0 Å². The smallest absolute Gasteiger partial charge is 0.315 e. The highest BCUT2D eigenvalue weighted by atomic mass is 16.4. The SMILES string of the molecule is Cc1ccc(C(C(=O)O)c2ccccc2)c(N2CCCCC2)c1. The number of carboxylic acids is 1. The van der Waals surface area contributed by atoms with E-state index < -0.39 is 11.9 Å². The van der Waals surface area contributed by atoms with Gasteiger partial charge in [0, 0.05) is 18.8 Å². The van der Waals surface area contributed by atoms with Crippen LogP contribution in [-0.4, -0.2) is 24.2 Å². The first-order valence-corrected chi connectivity index (χ1v) is 8.30. The number of carboxylic acid groups (broad SMARTS) is 1. The fourth-order valence-corrected chi connectivity index (χ4v) is 3.41. The van der Waals surface area contributed by atoms with Gasteiger partial charge in [-0.1, -0.05) is 42.5 Å². The number of hydrogen-bond acceptors (Lipinski definition) is 2. The van der Waals surface area contributed by atoms with Crippen LogP contribution in [0.3, 0.4) is 0 Å². The topological polar surface area (TPSA) is 40.5 Å². The molecule has 1 unspecified atom stereocenters. The van der Waals surface area contributed by atoms with Crippen molar-refractivity contribution in [2.45, 2.75) is 32.1 Å². The van der Waals surface area contributed by atoms with Crippen LogP contribution in [0, 0.1) is 6.92 Å². The Bertz CT molecular complexity index is 675. The zero-order chi connectivity index (χ0) is 16.2. The van der Waals surface area contributed by atoms with Gasteiger partial charge in [-0.25, -0.2) is 0 Å². The molecular formula is C20H23NO2. The van der Waals surface area contributed by atoms with E-state index in [-0.39, 0.29) is 0 Å². The van der Waals surface area contributed by atoms with E-state index in [9.17, 15) is 9.90 Å². The van der Waals surface area contributed by atoms with Crippen LogP contribution in [-0.2, 0) is 4.79 Å². The van der Waals surface area contributed by atoms with E-state index >= 15 is 0 Å². The van der Waals surface area contributed by atoms with E-state index in [2.05, 4.69) is 17.9 Å². The summed E-state index contributed by atoms with van der Waals surface area (Å²) in [5.74, 6) is -1.41. The molecule has 1 aliphatic heterocycles. The van der Waals surface area contributed by atoms with Crippen LogP contribution in [0.5, 0.6) is 0 Å². The molecule has 0 radical (unpaired) electrons. The van der Waals surface area contributed by atoms with Crippen molar-refractivity contribution in [2.24, 2.45) is 0 Å². The van der Waals surface area contributed by atoms with E-state index in [0.29, 0.717) is 0 Å². The number of nitrogens with zero attached hydrogens (tertiary/aromatic N) is 1. The highest BCUT2D eigenvalue weighted by Crippen LogP contribution is 2.35. The van der Waals surface area contributed by atoms with Gasteiger partial charge in [0.2, 0.25) is 0 Å². The van der Waals surface area contributed by atoms with E-state index in [1.807, 2.05) is 42.5 Å². The third-order valence-corrected chi connectivity index (χ3v) is 4.57. The molecule has 120 valence electrons. The van der Waals surface area contributed by atoms with Crippen molar-refractivity contribution < 1.29 is 9.90 Å². The third-order valence-electron chi connectivity index (χ3n) is 4.57. The molecule has 23 heavy (non-hydrogen) atoms. The first-order valence-electron chi connectivity index (χ1n) is 8.30. The molecule has 1 atom stereocenters. The predicted molar refractivity (Wildman–Crippen MR) is 93.2 cm³/mol. The second-order valence-corrected chi connectivity index (χ2v) is 6.29. The second kappa shape index (κ2) is 6.86. The lowest BCUT2D eigenvalue weighted by atomic mass is 9.88. The maximum atomic E-state index is 12.0. The van der Waals surface area contributed by atoms with Gasteiger partial charge in [0.25, 0.3) is 0 Å². The normalized spacial score (nSPS) is 16.1. The van der Waals surface area contributed by atoms with Crippen LogP contribution in [0.1, 0.15) is 41.9 Å². The molecule has 0 amide bonds. The van der Waals surface area contributed by atoms with Crippen LogP contribution in [0.2, 0.25) is 0 Å². The average molecular weight is 309 g/mol. The van der Waals surface area contributed by atoms with Crippen molar-refractivity contribution in [3.05, 3.63) is 65.2 Å². The minimum atomic E-state index is -0.793. The molecule has 1 N–H and O–H groups in total. The summed E-state index contributed by atoms with van der Waals surface area (Å²) in [6.45, 7) is 4.09. The van der Waals surface area contributed by atoms with Crippen molar-refractivity contribution in [3.8, 4) is 0 Å². The van der Waals surface area contributed by atoms with Crippen LogP contribution in [0.25, 0.3) is 0 Å². The van der Waals surface area contributed by atoms with Crippen molar-refractivity contribution in [1.82, 2.24) is 0 Å². The summed E-state index contributed by atoms with van der Waals surface area (Å²) in [6.07, 6.45) is 3.62. The van der Waals surface area contributed by atoms with Gasteiger partial charge in [0.1, 0.15) is 5.92 Å². The molecule has 0 spiro atoms. The molecular weight excluding hydrogens is 286 g/mol. The summed E-state index contributed by atoms with van der Waals surface area (Å²) in [5.41, 5.74) is 3.99. The summed E-state index contributed by atoms with van der Waals surface area (Å²) in [7, 11) is 0. The van der Waals surface area contributed by atoms with Crippen molar-refractivity contribution in [2.75, 3.05) is 18.0 Å². The number of carbonyl (C=O) groups is 1. The number of piperidine rings is 1. The Morgan fingerprint density at radius 2 is 1.74 bits per heavy atom. The van der Waals surface area contributed by atoms with E-state index in [0.717, 1.165) is 29.9 Å². The van der Waals surface area contributed by atoms with Crippen LogP contribution < -0.4 is 4.90 Å². The zero-order valence-corrected chi connectivity index (χ0v) is 13.5. The largest absolute Gasteiger partial charge is 0.481 e. The molecule has 3 rings (SSSR count). The summed E-state index contributed by atoms with van der Waals surface area (Å²) in [4.78, 5) is 14.4. The standard InChI is InChI=1S/C20H23NO2/c1-15-10-11-17(18(14-15)21-12-6-3-7-13-21)19(20(22)23)16-8-4-2-5-9-16/h2,4-5,8-11,14,19H,3,6-7,12-13H2,1H3,(H,22,23). The molecule has 0 bridgehead atoms. The Kier molecular flexibility index (Phi) is 4.65. The quantitative estimate of drug-likeness (QED) is 0.920. The minimum absolute atomic E-state index is 0.617. The van der Waals surface area contributed by atoms with E-state index in [1.54, 1.807) is 0 Å². The molecule has 2 aromatic rings. The monoisotopic (exact) mass is 309 g/mol. The first kappa shape index (κ1) is 15.6. The highest BCUT2D eigenvalue weighted by Gasteiger charge is 2.27. The lowest BCUT2D eigenvalue weighted by Crippen LogP contribution is -2.31. The van der Waals surface area contributed by atoms with Gasteiger partial charge >= 0.3 is 5.97 Å². The summed E-state index contributed by atoms with van der Waals surface area (Å²) >= 11 is 0. The second-order valence-electron chi connectivity index (χ2n) is 6.29. The highest BCUT2D eigenvalue weighted by molar-refractivity contribution is 5.83. The molecule has 0 aromatic heterocycles. The summed E-state index contributed by atoms with van der Waals surface area (Å²) in [6, 6.07) is 15.7. The van der Waals surface area contributed by atoms with Crippen LogP contribution in [0.15, 0.2) is 48.5 Å². The van der Waals surface area contributed by atoms with E-state index in [1.165, 1.54) is 24.8 Å². The maximum absolute atomic E-state index is 12.0. The molecule has 3 heteroatoms. The molecule has 3 nitrogen and oxygen atoms in total. The number of anilines is 1. The lowest BCUT2D eigenvalue weighted by Gasteiger charge is -2.32. The fourth-order valence-electron chi connectivity index (χ4n) is 3.41. The summed E-state index contributed by atoms with van der Waals surface area (Å²) < 4.78 is 0. The Morgan fingerprint density at radius 3 is 2.39 bits per heavy atom. The molecule has 1 saturated heterocycles.